The summed E-state index contributed by atoms with van der Waals surface area (Å²) in [5.41, 5.74) is -0.573. The van der Waals surface area contributed by atoms with E-state index in [0.717, 1.165) is 24.3 Å². The molecule has 4 saturated heterocycles. The molecule has 6 aliphatic rings. The zero-order chi connectivity index (χ0) is 54.3. The van der Waals surface area contributed by atoms with Gasteiger partial charge in [-0.25, -0.2) is 0 Å². The third kappa shape index (κ3) is 13.4. The molecule has 6 bridgehead atoms. The molecule has 7 rings (SSSR count). The standard InChI is InChI=1S/C42H60N4O28/c47-13-17-23(55)25(57)27(59)41(69-17)71-33-29(61)35-37(65)45(11-19(49)43-9-21(51)52)15-3-5-16(6-4-15)46(12-20(50)44-10-22(53)54)38(66)36-30(62)34(72-42-28(60)26(58)24(56)18(14-48)70-42)32(64)40(74-36)68-8-2-1-7-67-39(73-35)31(33)63/h3-6,17-18,23-36,39-42,47-48,55-64H,1-2,7-14H2,(H,43,49)(H,44,50)(H,51,52)(H,53,54)/t17-,18-,23-,24-,25+,26+,27+,28+,29+,30+,31-,32-,33+,34+,35+,36+,39+,40+,41-,42-/m1/s1. The summed E-state index contributed by atoms with van der Waals surface area (Å²) in [6, 6.07) is 4.24. The quantitative estimate of drug-likeness (QED) is 0.0822. The van der Waals surface area contributed by atoms with E-state index < -0.39 is 198 Å². The summed E-state index contributed by atoms with van der Waals surface area (Å²) < 4.78 is 45.4. The van der Waals surface area contributed by atoms with Gasteiger partial charge in [0, 0.05) is 24.6 Å². The summed E-state index contributed by atoms with van der Waals surface area (Å²) in [4.78, 5) is 79.8. The first kappa shape index (κ1) is 58.5. The maximum absolute atomic E-state index is 14.7. The first-order chi connectivity index (χ1) is 35.1. The number of carbonyl (C=O) groups excluding carboxylic acids is 4. The molecule has 0 aromatic heterocycles. The summed E-state index contributed by atoms with van der Waals surface area (Å²) in [5, 5.41) is 152. The third-order valence-electron chi connectivity index (χ3n) is 12.4. The number of carboxylic acid groups (broad SMARTS) is 2. The van der Waals surface area contributed by atoms with Crippen LogP contribution in [0.25, 0.3) is 0 Å². The van der Waals surface area contributed by atoms with Crippen LogP contribution in [0.3, 0.4) is 0 Å². The summed E-state index contributed by atoms with van der Waals surface area (Å²) >= 11 is 0. The van der Waals surface area contributed by atoms with Gasteiger partial charge in [0.05, 0.1) is 13.2 Å². The van der Waals surface area contributed by atoms with Crippen molar-refractivity contribution in [2.75, 3.05) is 62.4 Å². The maximum atomic E-state index is 14.7. The van der Waals surface area contributed by atoms with E-state index in [1.165, 1.54) is 0 Å². The van der Waals surface area contributed by atoms with Crippen molar-refractivity contribution in [2.45, 2.75) is 136 Å². The van der Waals surface area contributed by atoms with Crippen molar-refractivity contribution in [3.8, 4) is 0 Å². The van der Waals surface area contributed by atoms with Crippen molar-refractivity contribution >= 4 is 46.9 Å². The molecule has 1 aromatic rings. The van der Waals surface area contributed by atoms with Crippen molar-refractivity contribution in [2.24, 2.45) is 0 Å². The second kappa shape index (κ2) is 25.9. The predicted octanol–water partition coefficient (Wildman–Crippen LogP) is -10.2. The van der Waals surface area contributed by atoms with Crippen molar-refractivity contribution in [3.63, 3.8) is 0 Å². The molecule has 0 aliphatic carbocycles. The SMILES string of the molecule is O=C(O)CNC(=O)CN1C(=O)[C@H]2O[C@H](OCCCCO[C@H]3O[C@H](C(=O)N(CC(=O)NCC(=O)O)c4ccc1cc4)[C@@H](O)[C@H](O[C@H]1O[C@H](CO)[C@@H](O)[C@H](O)[C@@H]1O)[C@H]3O)[C@H](O)[C@@H](O[C@H]1O[C@H](CO)[C@@H](O)[C@H](O)[C@@H]1O)[C@@H]2O. The number of hydrogen-bond donors (Lipinski definition) is 16. The highest BCUT2D eigenvalue weighted by atomic mass is 16.8. The largest absolute Gasteiger partial charge is 0.480 e. The zero-order valence-corrected chi connectivity index (χ0v) is 38.8. The van der Waals surface area contributed by atoms with Gasteiger partial charge in [-0.05, 0) is 37.1 Å². The first-order valence-corrected chi connectivity index (χ1v) is 23.0. The number of rotatable bonds is 14. The van der Waals surface area contributed by atoms with Crippen LogP contribution in [0.1, 0.15) is 12.8 Å². The smallest absolute Gasteiger partial charge is 0.322 e. The van der Waals surface area contributed by atoms with Crippen LogP contribution in [0.2, 0.25) is 0 Å². The molecule has 32 heteroatoms. The molecule has 6 heterocycles. The van der Waals surface area contributed by atoms with Crippen LogP contribution < -0.4 is 20.4 Å². The molecular weight excluding hydrogens is 1010 g/mol. The zero-order valence-electron chi connectivity index (χ0n) is 38.8. The van der Waals surface area contributed by atoms with Crippen molar-refractivity contribution in [3.05, 3.63) is 24.3 Å². The summed E-state index contributed by atoms with van der Waals surface area (Å²) in [5.74, 6) is -7.82. The highest BCUT2D eigenvalue weighted by Crippen LogP contribution is 2.34. The van der Waals surface area contributed by atoms with Gasteiger partial charge in [-0.2, -0.15) is 0 Å². The Labute approximate surface area is 417 Å². The Morgan fingerprint density at radius 1 is 0.514 bits per heavy atom. The number of amides is 4. The lowest BCUT2D eigenvalue weighted by atomic mass is 9.95. The van der Waals surface area contributed by atoms with Crippen LogP contribution in [0.15, 0.2) is 24.3 Å². The number of aliphatic hydroxyl groups is 12. The van der Waals surface area contributed by atoms with Crippen LogP contribution in [0, 0.1) is 0 Å². The van der Waals surface area contributed by atoms with Crippen LogP contribution >= 0.6 is 0 Å². The van der Waals surface area contributed by atoms with Gasteiger partial charge in [-0.15, -0.1) is 0 Å². The number of benzene rings is 1. The van der Waals surface area contributed by atoms with Gasteiger partial charge < -0.3 is 130 Å². The predicted molar refractivity (Wildman–Crippen MR) is 232 cm³/mol. The van der Waals surface area contributed by atoms with E-state index in [9.17, 15) is 100 Å². The minimum atomic E-state index is -2.27. The van der Waals surface area contributed by atoms with Gasteiger partial charge in [0.2, 0.25) is 11.8 Å². The molecule has 0 radical (unpaired) electrons. The molecule has 1 aromatic carbocycles. The molecule has 0 unspecified atom stereocenters. The Morgan fingerprint density at radius 3 is 1.19 bits per heavy atom. The second-order valence-electron chi connectivity index (χ2n) is 17.6. The molecular formula is C42H60N4O28. The first-order valence-electron chi connectivity index (χ1n) is 23.0. The highest BCUT2D eigenvalue weighted by molar-refractivity contribution is 6.04. The summed E-state index contributed by atoms with van der Waals surface area (Å²) in [7, 11) is 0. The third-order valence-corrected chi connectivity index (χ3v) is 12.4. The van der Waals surface area contributed by atoms with Gasteiger partial charge in [0.15, 0.2) is 37.4 Å². The van der Waals surface area contributed by atoms with Gasteiger partial charge in [0.25, 0.3) is 11.8 Å². The van der Waals surface area contributed by atoms with E-state index >= 15 is 0 Å². The Bertz CT molecular complexity index is 1950. The fourth-order valence-corrected chi connectivity index (χ4v) is 8.41. The van der Waals surface area contributed by atoms with E-state index in [2.05, 4.69) is 10.6 Å². The van der Waals surface area contributed by atoms with E-state index in [4.69, 9.17) is 37.9 Å². The number of aliphatic carboxylic acids is 2. The highest BCUT2D eigenvalue weighted by Gasteiger charge is 2.55. The Hall–Kier alpha value is -4.76. The monoisotopic (exact) mass is 1070 g/mol. The molecule has 0 saturated carbocycles. The number of nitrogens with one attached hydrogen (secondary N) is 2. The summed E-state index contributed by atoms with van der Waals surface area (Å²) in [6.07, 6.45) is -40.1. The molecule has 32 nitrogen and oxygen atoms in total. The fraction of sp³-hybridized carbons (Fsp3) is 0.714. The van der Waals surface area contributed by atoms with E-state index in [1.807, 2.05) is 0 Å². The van der Waals surface area contributed by atoms with Gasteiger partial charge in [-0.3, -0.25) is 28.8 Å². The number of fused-ring (bicyclic) bond motifs is 9. The van der Waals surface area contributed by atoms with Crippen molar-refractivity contribution < 1.29 is 138 Å². The molecule has 4 fully saturated rings. The number of hydrogen-bond acceptors (Lipinski definition) is 26. The van der Waals surface area contributed by atoms with Crippen LogP contribution in [0.4, 0.5) is 11.4 Å². The number of carbonyl (C=O) groups is 6. The molecule has 6 aliphatic heterocycles. The lowest BCUT2D eigenvalue weighted by Gasteiger charge is -2.46. The average Bonchev–Trinajstić information content (AvgIpc) is 3.37. The molecule has 4 amide bonds. The Balaban J connectivity index is 1.40. The average molecular weight is 1070 g/mol. The van der Waals surface area contributed by atoms with E-state index in [1.54, 1.807) is 0 Å². The lowest BCUT2D eigenvalue weighted by Crippen LogP contribution is -2.66. The molecule has 20 atom stereocenters. The molecule has 74 heavy (non-hydrogen) atoms. The normalized spacial score (nSPS) is 38.5. The maximum Gasteiger partial charge on any atom is 0.322 e. The van der Waals surface area contributed by atoms with Crippen molar-refractivity contribution in [1.82, 2.24) is 10.6 Å². The number of ether oxygens (including phenoxy) is 8. The second-order valence-corrected chi connectivity index (χ2v) is 17.6. The van der Waals surface area contributed by atoms with Gasteiger partial charge in [0.1, 0.15) is 112 Å². The molecule has 416 valence electrons. The summed E-state index contributed by atoms with van der Waals surface area (Å²) in [6.45, 7) is -6.53. The Morgan fingerprint density at radius 2 is 0.865 bits per heavy atom. The number of nitrogens with zero attached hydrogens (tertiary/aromatic N) is 2. The minimum Gasteiger partial charge on any atom is -0.480 e. The topological polar surface area (TPSA) is 490 Å². The van der Waals surface area contributed by atoms with Crippen molar-refractivity contribution in [1.29, 1.82) is 0 Å². The lowest BCUT2D eigenvalue weighted by molar-refractivity contribution is -0.356. The molecule has 0 spiro atoms. The Kier molecular flexibility index (Phi) is 20.4. The van der Waals surface area contributed by atoms with Crippen LogP contribution in [0.5, 0.6) is 0 Å². The van der Waals surface area contributed by atoms with Gasteiger partial charge in [-0.1, -0.05) is 0 Å². The van der Waals surface area contributed by atoms with Crippen LogP contribution in [-0.2, 0) is 66.7 Å². The molecule has 16 N–H and O–H groups in total. The number of anilines is 2. The number of aliphatic hydroxyl groups excluding tert-OH is 12. The van der Waals surface area contributed by atoms with E-state index in [-0.39, 0.29) is 37.4 Å². The van der Waals surface area contributed by atoms with Gasteiger partial charge >= 0.3 is 11.9 Å². The van der Waals surface area contributed by atoms with Crippen LogP contribution in [-0.4, -0.2) is 282 Å². The van der Waals surface area contributed by atoms with E-state index in [0.29, 0.717) is 9.80 Å². The number of carboxylic acids is 2. The minimum absolute atomic E-state index is 0.0362. The fourth-order valence-electron chi connectivity index (χ4n) is 8.41.